The Bertz CT molecular complexity index is 2280. The number of ether oxygens (including phenoxy) is 1. The summed E-state index contributed by atoms with van der Waals surface area (Å²) in [6.07, 6.45) is 0.268. The minimum absolute atomic E-state index is 0. The summed E-state index contributed by atoms with van der Waals surface area (Å²) in [6.45, 7) is 0.516. The fraction of sp³-hybridized carbons (Fsp3) is 0.231. The summed E-state index contributed by atoms with van der Waals surface area (Å²) in [5, 5.41) is 12.0. The first kappa shape index (κ1) is 47.5. The van der Waals surface area contributed by atoms with E-state index in [2.05, 4.69) is 23.9 Å². The van der Waals surface area contributed by atoms with Crippen molar-refractivity contribution >= 4 is 45.0 Å². The van der Waals surface area contributed by atoms with Crippen molar-refractivity contribution in [1.82, 2.24) is 24.5 Å². The first-order valence-corrected chi connectivity index (χ1v) is 18.0. The number of aromatic amines is 1. The van der Waals surface area contributed by atoms with Crippen LogP contribution in [0.4, 0.5) is 0 Å². The molecule has 5 atom stereocenters. The van der Waals surface area contributed by atoms with Gasteiger partial charge in [0, 0.05) is 23.7 Å². The van der Waals surface area contributed by atoms with Gasteiger partial charge in [0.2, 0.25) is 0 Å². The monoisotopic (exact) mass is 797 g/mol. The normalized spacial score (nSPS) is 19.5. The second-order valence-electron chi connectivity index (χ2n) is 10.5. The molecule has 1 saturated heterocycles. The molecule has 1 aliphatic heterocycles. The standard InChI is InChI=1S/C26H26N5O13P3.4Na/c1-15-13-30(26(33)28-25(15)32)24-11-21(23(42-24)14-41-46(37,38)44-47(39,40)43-45(34,35)36)31-22(12-27-29-31)20-10-16-6-2-3-7-17(16)18-8-4-5-9-19(18)20;;;;/h2-10,12-13,21,23-24H,11,14H2,1H3,(H,37,38)(H,39,40)(H,28,32,33)(H2,34,35,36);;;;/q;4*+1/p-4/t21-,23+,24+;;;;/m0..../s1. The maximum Gasteiger partial charge on any atom is 1.00 e. The number of hydrogen-bond acceptors (Lipinski definition) is 15. The number of benzene rings is 3. The van der Waals surface area contributed by atoms with Crippen LogP contribution in [-0.2, 0) is 31.6 Å². The maximum absolute atomic E-state index is 12.7. The first-order chi connectivity index (χ1) is 22.1. The van der Waals surface area contributed by atoms with Crippen molar-refractivity contribution in [2.45, 2.75) is 31.7 Å². The number of fused-ring (bicyclic) bond motifs is 3. The average Bonchev–Trinajstić information content (AvgIpc) is 3.63. The molecule has 248 valence electrons. The molecule has 1 N–H and O–H groups in total. The van der Waals surface area contributed by atoms with Crippen molar-refractivity contribution in [3.63, 3.8) is 0 Å². The van der Waals surface area contributed by atoms with E-state index in [-0.39, 0.29) is 130 Å². The molecule has 0 spiro atoms. The molecule has 25 heteroatoms. The Morgan fingerprint density at radius 1 is 0.902 bits per heavy atom. The second kappa shape index (κ2) is 19.0. The molecule has 2 aromatic heterocycles. The Labute approximate surface area is 377 Å². The van der Waals surface area contributed by atoms with E-state index in [1.807, 2.05) is 54.6 Å². The summed E-state index contributed by atoms with van der Waals surface area (Å²) in [7, 11) is -18.3. The molecule has 5 aromatic rings. The van der Waals surface area contributed by atoms with Crippen molar-refractivity contribution in [2.75, 3.05) is 6.61 Å². The van der Waals surface area contributed by atoms with Crippen molar-refractivity contribution in [2.24, 2.45) is 0 Å². The zero-order chi connectivity index (χ0) is 33.7. The molecule has 3 aromatic carbocycles. The van der Waals surface area contributed by atoms with Gasteiger partial charge in [0.25, 0.3) is 21.2 Å². The van der Waals surface area contributed by atoms with Gasteiger partial charge in [-0.2, -0.15) is 0 Å². The summed E-state index contributed by atoms with van der Waals surface area (Å²) in [5.41, 5.74) is -0.113. The van der Waals surface area contributed by atoms with Crippen LogP contribution < -0.4 is 149 Å². The zero-order valence-electron chi connectivity index (χ0n) is 27.9. The van der Waals surface area contributed by atoms with Crippen LogP contribution in [0.3, 0.4) is 0 Å². The van der Waals surface area contributed by atoms with E-state index in [0.29, 0.717) is 11.3 Å². The number of phosphoric acid groups is 3. The molecule has 2 unspecified atom stereocenters. The number of rotatable bonds is 10. The number of aryl methyl sites for hydroxylation is 1. The fourth-order valence-corrected chi connectivity index (χ4v) is 8.35. The molecule has 3 heterocycles. The zero-order valence-corrected chi connectivity index (χ0v) is 38.6. The van der Waals surface area contributed by atoms with E-state index in [4.69, 9.17) is 9.26 Å². The minimum Gasteiger partial charge on any atom is -0.790 e. The van der Waals surface area contributed by atoms with Gasteiger partial charge in [-0.05, 0) is 34.5 Å². The van der Waals surface area contributed by atoms with Crippen LogP contribution in [0.25, 0.3) is 32.8 Å². The van der Waals surface area contributed by atoms with Gasteiger partial charge in [-0.15, -0.1) is 5.10 Å². The van der Waals surface area contributed by atoms with Gasteiger partial charge >= 0.3 is 124 Å². The largest absolute Gasteiger partial charge is 1.00 e. The number of nitrogens with zero attached hydrogens (tertiary/aromatic N) is 4. The summed E-state index contributed by atoms with van der Waals surface area (Å²) < 4.78 is 54.9. The molecule has 6 rings (SSSR count). The van der Waals surface area contributed by atoms with E-state index < -0.39 is 59.7 Å². The van der Waals surface area contributed by atoms with E-state index in [9.17, 15) is 42.9 Å². The van der Waals surface area contributed by atoms with Crippen LogP contribution in [0.15, 0.2) is 76.6 Å². The molecule has 51 heavy (non-hydrogen) atoms. The van der Waals surface area contributed by atoms with Crippen LogP contribution in [0.2, 0.25) is 0 Å². The summed E-state index contributed by atoms with van der Waals surface area (Å²) >= 11 is 0. The topological polar surface area (TPSA) is 266 Å². The van der Waals surface area contributed by atoms with Gasteiger partial charge in [-0.1, -0.05) is 53.7 Å². The molecule has 1 fully saturated rings. The second-order valence-corrected chi connectivity index (χ2v) is 14.7. The van der Waals surface area contributed by atoms with Crippen molar-refractivity contribution in [3.8, 4) is 11.3 Å². The first-order valence-electron chi connectivity index (χ1n) is 13.6. The van der Waals surface area contributed by atoms with E-state index in [1.165, 1.54) is 24.0 Å². The van der Waals surface area contributed by atoms with Gasteiger partial charge in [-0.25, -0.2) is 13.8 Å². The quantitative estimate of drug-likeness (QED) is 0.0781. The van der Waals surface area contributed by atoms with Crippen LogP contribution in [0.5, 0.6) is 0 Å². The van der Waals surface area contributed by atoms with Crippen molar-refractivity contribution < 1.29 is 169 Å². The SMILES string of the molecule is Cc1cn([C@H]2C[C@H](n3nncc3-c3cc4ccccc4c4ccccc34)[C@@H](COP(=O)([O-])OP(=O)([O-])OP(=O)([O-])[O-])O2)c(=O)[nH]c1=O.[Na+].[Na+].[Na+].[Na+]. The Morgan fingerprint density at radius 3 is 2.20 bits per heavy atom. The van der Waals surface area contributed by atoms with Crippen LogP contribution >= 0.6 is 23.5 Å². The van der Waals surface area contributed by atoms with E-state index in [0.717, 1.165) is 26.1 Å². The van der Waals surface area contributed by atoms with Crippen LogP contribution in [0, 0.1) is 6.92 Å². The molecule has 0 bridgehead atoms. The van der Waals surface area contributed by atoms with E-state index >= 15 is 0 Å². The molecule has 0 radical (unpaired) electrons. The molecule has 1 aliphatic rings. The van der Waals surface area contributed by atoms with Gasteiger partial charge < -0.3 is 33.4 Å². The predicted molar refractivity (Wildman–Crippen MR) is 155 cm³/mol. The van der Waals surface area contributed by atoms with Gasteiger partial charge in [-0.3, -0.25) is 27.8 Å². The van der Waals surface area contributed by atoms with Gasteiger partial charge in [0.1, 0.15) is 12.3 Å². The number of phosphoric ester groups is 1. The van der Waals surface area contributed by atoms with Gasteiger partial charge in [0.05, 0.1) is 32.4 Å². The number of aromatic nitrogens is 5. The minimum atomic E-state index is -6.21. The maximum atomic E-state index is 12.7. The molecule has 0 saturated carbocycles. The predicted octanol–water partition coefficient (Wildman–Crippen LogP) is -11.2. The van der Waals surface area contributed by atoms with Crippen molar-refractivity contribution in [3.05, 3.63) is 93.4 Å². The average molecular weight is 797 g/mol. The number of H-pyrrole nitrogens is 1. The molecule has 18 nitrogen and oxygen atoms in total. The van der Waals surface area contributed by atoms with E-state index in [1.54, 1.807) is 0 Å². The Hall–Kier alpha value is 0.370. The van der Waals surface area contributed by atoms with Crippen LogP contribution in [0.1, 0.15) is 24.3 Å². The molecule has 0 amide bonds. The molecule has 0 aliphatic carbocycles. The van der Waals surface area contributed by atoms with Crippen molar-refractivity contribution in [1.29, 1.82) is 0 Å². The van der Waals surface area contributed by atoms with Crippen LogP contribution in [-0.4, -0.2) is 37.3 Å². The Kier molecular flexibility index (Phi) is 17.7. The summed E-state index contributed by atoms with van der Waals surface area (Å²) in [5.74, 6) is 0. The third-order valence-corrected chi connectivity index (χ3v) is 11.1. The summed E-state index contributed by atoms with van der Waals surface area (Å²) in [4.78, 5) is 72.3. The Morgan fingerprint density at radius 2 is 1.53 bits per heavy atom. The fourth-order valence-electron chi connectivity index (χ4n) is 5.49. The molecular weight excluding hydrogens is 775 g/mol. The third kappa shape index (κ3) is 11.2. The Balaban J connectivity index is 0.00000225. The smallest absolute Gasteiger partial charge is 0.790 e. The number of nitrogens with one attached hydrogen (secondary N) is 1. The molecular formula is C26H22N5Na4O13P3. The van der Waals surface area contributed by atoms with Gasteiger partial charge in [0.15, 0.2) is 0 Å². The summed E-state index contributed by atoms with van der Waals surface area (Å²) in [6, 6.07) is 16.3. The third-order valence-electron chi connectivity index (χ3n) is 7.39. The number of hydrogen-bond donors (Lipinski definition) is 1.